The molecule has 1 aliphatic heterocycles. The summed E-state index contributed by atoms with van der Waals surface area (Å²) < 4.78 is 10.5. The maximum absolute atomic E-state index is 13.4. The smallest absolute Gasteiger partial charge is 0.336 e. The van der Waals surface area contributed by atoms with Crippen LogP contribution in [0.2, 0.25) is 0 Å². The highest BCUT2D eigenvalue weighted by Gasteiger charge is 2.37. The van der Waals surface area contributed by atoms with Crippen LogP contribution in [0.3, 0.4) is 0 Å². The van der Waals surface area contributed by atoms with E-state index in [1.54, 1.807) is 44.2 Å². The summed E-state index contributed by atoms with van der Waals surface area (Å²) >= 11 is 0. The second-order valence-corrected chi connectivity index (χ2v) is 7.41. The van der Waals surface area contributed by atoms with Gasteiger partial charge in [0.2, 0.25) is 0 Å². The van der Waals surface area contributed by atoms with Crippen LogP contribution in [-0.2, 0) is 19.1 Å². The molecule has 2 heterocycles. The summed E-state index contributed by atoms with van der Waals surface area (Å²) in [6.45, 7) is 3.66. The van der Waals surface area contributed by atoms with Gasteiger partial charge >= 0.3 is 11.9 Å². The number of carbonyl (C=O) groups is 3. The van der Waals surface area contributed by atoms with Gasteiger partial charge in [0.25, 0.3) is 5.91 Å². The van der Waals surface area contributed by atoms with Crippen LogP contribution in [0.1, 0.15) is 35.8 Å². The Hall–Kier alpha value is -4.33. The van der Waals surface area contributed by atoms with Crippen LogP contribution in [0, 0.1) is 0 Å². The summed E-state index contributed by atoms with van der Waals surface area (Å²) in [6.07, 6.45) is 4.14. The molecule has 0 fully saturated rings. The molecule has 0 atom stereocenters. The van der Waals surface area contributed by atoms with Gasteiger partial charge in [-0.2, -0.15) is 0 Å². The van der Waals surface area contributed by atoms with Crippen molar-refractivity contribution in [3.63, 3.8) is 0 Å². The molecular weight excluding hydrogens is 434 g/mol. The Labute approximate surface area is 196 Å². The van der Waals surface area contributed by atoms with Crippen molar-refractivity contribution in [2.75, 3.05) is 13.2 Å². The first-order valence-corrected chi connectivity index (χ1v) is 10.9. The maximum atomic E-state index is 13.4. The third kappa shape index (κ3) is 4.56. The lowest BCUT2D eigenvalue weighted by Gasteiger charge is -2.29. The van der Waals surface area contributed by atoms with Crippen molar-refractivity contribution < 1.29 is 23.9 Å². The van der Waals surface area contributed by atoms with E-state index in [0.717, 1.165) is 4.90 Å². The van der Waals surface area contributed by atoms with Gasteiger partial charge in [0.05, 0.1) is 47.5 Å². The fraction of sp³-hybridized carbons (Fsp3) is 0.192. The highest BCUT2D eigenvalue weighted by atomic mass is 16.5. The van der Waals surface area contributed by atoms with E-state index < -0.39 is 23.8 Å². The average molecular weight is 457 g/mol. The van der Waals surface area contributed by atoms with E-state index in [1.165, 1.54) is 18.6 Å². The Kier molecular flexibility index (Phi) is 6.77. The van der Waals surface area contributed by atoms with Gasteiger partial charge in [0.1, 0.15) is 5.69 Å². The number of amides is 1. The first-order chi connectivity index (χ1) is 16.5. The topological polar surface area (TPSA) is 98.7 Å². The largest absolute Gasteiger partial charge is 0.463 e. The van der Waals surface area contributed by atoms with E-state index in [4.69, 9.17) is 9.47 Å². The van der Waals surface area contributed by atoms with Crippen LogP contribution in [-0.4, -0.2) is 45.9 Å². The number of carbonyl (C=O) groups excluding carboxylic acids is 3. The number of hydrogen-bond donors (Lipinski definition) is 0. The van der Waals surface area contributed by atoms with Gasteiger partial charge < -0.3 is 9.47 Å². The summed E-state index contributed by atoms with van der Waals surface area (Å²) in [7, 11) is 0. The van der Waals surface area contributed by atoms with E-state index >= 15 is 0 Å². The lowest BCUT2D eigenvalue weighted by molar-refractivity contribution is -0.139. The first kappa shape index (κ1) is 22.8. The SMILES string of the molecule is CCOC(=O)C1=CN(C(=O)c2cnc3ccccc3n2)C=C(C(=O)OCC)C1c1ccccc1. The van der Waals surface area contributed by atoms with Crippen molar-refractivity contribution >= 4 is 28.9 Å². The molecule has 3 aromatic rings. The van der Waals surface area contributed by atoms with Crippen LogP contribution in [0.25, 0.3) is 11.0 Å². The Morgan fingerprint density at radius 2 is 1.38 bits per heavy atom. The number of hydrogen-bond acceptors (Lipinski definition) is 7. The lowest BCUT2D eigenvalue weighted by Crippen LogP contribution is -2.32. The molecule has 2 aromatic carbocycles. The van der Waals surface area contributed by atoms with Crippen molar-refractivity contribution in [1.29, 1.82) is 0 Å². The number of esters is 2. The minimum Gasteiger partial charge on any atom is -0.463 e. The third-order valence-electron chi connectivity index (χ3n) is 5.24. The van der Waals surface area contributed by atoms with Crippen molar-refractivity contribution in [3.8, 4) is 0 Å². The number of fused-ring (bicyclic) bond motifs is 1. The van der Waals surface area contributed by atoms with Gasteiger partial charge in [-0.05, 0) is 31.5 Å². The van der Waals surface area contributed by atoms with Crippen LogP contribution in [0.15, 0.2) is 84.3 Å². The molecule has 1 amide bonds. The van der Waals surface area contributed by atoms with Gasteiger partial charge in [-0.15, -0.1) is 0 Å². The molecule has 0 saturated heterocycles. The summed E-state index contributed by atoms with van der Waals surface area (Å²) in [5, 5.41) is 0. The molecule has 8 nitrogen and oxygen atoms in total. The zero-order valence-corrected chi connectivity index (χ0v) is 18.8. The number of rotatable bonds is 6. The minimum atomic E-state index is -0.758. The number of benzene rings is 2. The number of para-hydroxylation sites is 2. The summed E-state index contributed by atoms with van der Waals surface area (Å²) in [5.74, 6) is -2.57. The maximum Gasteiger partial charge on any atom is 0.336 e. The molecule has 0 aliphatic carbocycles. The fourth-order valence-corrected chi connectivity index (χ4v) is 3.74. The summed E-state index contributed by atoms with van der Waals surface area (Å²) in [5.41, 5.74) is 2.24. The Balaban J connectivity index is 1.82. The quantitative estimate of drug-likeness (QED) is 0.520. The van der Waals surface area contributed by atoms with E-state index in [2.05, 4.69) is 9.97 Å². The molecule has 172 valence electrons. The highest BCUT2D eigenvalue weighted by Crippen LogP contribution is 2.37. The van der Waals surface area contributed by atoms with Crippen molar-refractivity contribution in [2.45, 2.75) is 19.8 Å². The molecule has 0 bridgehead atoms. The molecule has 1 aromatic heterocycles. The number of ether oxygens (including phenoxy) is 2. The predicted octanol–water partition coefficient (Wildman–Crippen LogP) is 3.76. The molecule has 1 aliphatic rings. The Bertz CT molecular complexity index is 1260. The Morgan fingerprint density at radius 1 is 0.824 bits per heavy atom. The summed E-state index contributed by atoms with van der Waals surface area (Å²) in [6, 6.07) is 16.2. The first-order valence-electron chi connectivity index (χ1n) is 10.9. The zero-order chi connectivity index (χ0) is 24.1. The van der Waals surface area contributed by atoms with Crippen LogP contribution in [0.4, 0.5) is 0 Å². The molecule has 34 heavy (non-hydrogen) atoms. The van der Waals surface area contributed by atoms with Crippen molar-refractivity contribution in [3.05, 3.63) is 95.6 Å². The standard InChI is InChI=1S/C26H23N3O5/c1-3-33-25(31)18-15-29(24(30)22-14-27-20-12-8-9-13-21(20)28-22)16-19(26(32)34-4-2)23(18)17-10-6-5-7-11-17/h5-16,23H,3-4H2,1-2H3. The van der Waals surface area contributed by atoms with Gasteiger partial charge in [0.15, 0.2) is 0 Å². The van der Waals surface area contributed by atoms with Crippen molar-refractivity contribution in [2.24, 2.45) is 0 Å². The normalized spacial score (nSPS) is 13.8. The molecule has 0 spiro atoms. The molecule has 8 heteroatoms. The van der Waals surface area contributed by atoms with Crippen LogP contribution >= 0.6 is 0 Å². The van der Waals surface area contributed by atoms with E-state index in [1.807, 2.05) is 24.3 Å². The van der Waals surface area contributed by atoms with Crippen LogP contribution in [0.5, 0.6) is 0 Å². The minimum absolute atomic E-state index is 0.0655. The van der Waals surface area contributed by atoms with Crippen molar-refractivity contribution in [1.82, 2.24) is 14.9 Å². The monoisotopic (exact) mass is 457 g/mol. The van der Waals surface area contributed by atoms with Gasteiger partial charge in [-0.3, -0.25) is 14.7 Å². The molecular formula is C26H23N3O5. The fourth-order valence-electron chi connectivity index (χ4n) is 3.74. The number of nitrogens with zero attached hydrogens (tertiary/aromatic N) is 3. The second-order valence-electron chi connectivity index (χ2n) is 7.41. The molecule has 4 rings (SSSR count). The highest BCUT2D eigenvalue weighted by molar-refractivity contribution is 6.02. The predicted molar refractivity (Wildman–Crippen MR) is 124 cm³/mol. The Morgan fingerprint density at radius 3 is 1.97 bits per heavy atom. The van der Waals surface area contributed by atoms with Gasteiger partial charge in [-0.1, -0.05) is 42.5 Å². The third-order valence-corrected chi connectivity index (χ3v) is 5.24. The van der Waals surface area contributed by atoms with E-state index in [0.29, 0.717) is 16.6 Å². The molecule has 0 radical (unpaired) electrons. The summed E-state index contributed by atoms with van der Waals surface area (Å²) in [4.78, 5) is 49.1. The zero-order valence-electron chi connectivity index (χ0n) is 18.8. The molecule has 0 unspecified atom stereocenters. The lowest BCUT2D eigenvalue weighted by atomic mass is 9.83. The van der Waals surface area contributed by atoms with E-state index in [-0.39, 0.29) is 30.1 Å². The molecule has 0 saturated carbocycles. The van der Waals surface area contributed by atoms with Gasteiger partial charge in [0, 0.05) is 12.4 Å². The average Bonchev–Trinajstić information content (AvgIpc) is 2.88. The van der Waals surface area contributed by atoms with Gasteiger partial charge in [-0.25, -0.2) is 14.6 Å². The number of aromatic nitrogens is 2. The molecule has 0 N–H and O–H groups in total. The van der Waals surface area contributed by atoms with E-state index in [9.17, 15) is 14.4 Å². The van der Waals surface area contributed by atoms with Crippen LogP contribution < -0.4 is 0 Å². The second kappa shape index (κ2) is 10.1.